The Labute approximate surface area is 98.1 Å². The van der Waals surface area contributed by atoms with Crippen LogP contribution in [0.5, 0.6) is 0 Å². The first-order chi connectivity index (χ1) is 7.49. The van der Waals surface area contributed by atoms with E-state index in [1.807, 2.05) is 12.1 Å². The molecule has 0 amide bonds. The summed E-state index contributed by atoms with van der Waals surface area (Å²) in [7, 11) is 0. The molecule has 0 saturated heterocycles. The van der Waals surface area contributed by atoms with Crippen LogP contribution in [0, 0.1) is 11.7 Å². The van der Waals surface area contributed by atoms with Crippen molar-refractivity contribution in [1.29, 1.82) is 0 Å². The van der Waals surface area contributed by atoms with E-state index in [0.717, 1.165) is 6.42 Å². The molecule has 0 aliphatic carbocycles. The monoisotopic (exact) mass is 223 g/mol. The predicted octanol–water partition coefficient (Wildman–Crippen LogP) is 3.39. The van der Waals surface area contributed by atoms with Crippen molar-refractivity contribution in [2.75, 3.05) is 0 Å². The van der Waals surface area contributed by atoms with E-state index in [9.17, 15) is 4.39 Å². The standard InChI is InChI=1S/C14H22FN/c1-10(2)14(16-11(3)4)9-12-5-7-13(15)8-6-12/h5-8,10-11,14,16H,9H2,1-4H3/t14-/m1/s1. The Kier molecular flexibility index (Phi) is 4.94. The van der Waals surface area contributed by atoms with Gasteiger partial charge in [0.1, 0.15) is 5.82 Å². The minimum Gasteiger partial charge on any atom is -0.311 e. The van der Waals surface area contributed by atoms with Crippen LogP contribution in [0.2, 0.25) is 0 Å². The van der Waals surface area contributed by atoms with E-state index < -0.39 is 0 Å². The number of hydrogen-bond donors (Lipinski definition) is 1. The van der Waals surface area contributed by atoms with Crippen molar-refractivity contribution in [2.45, 2.75) is 46.2 Å². The number of nitrogens with one attached hydrogen (secondary N) is 1. The molecule has 1 aromatic rings. The third kappa shape index (κ3) is 4.31. The van der Waals surface area contributed by atoms with Gasteiger partial charge in [-0.3, -0.25) is 0 Å². The summed E-state index contributed by atoms with van der Waals surface area (Å²) in [6.07, 6.45) is 0.954. The molecule has 2 heteroatoms. The van der Waals surface area contributed by atoms with Crippen LogP contribution in [0.15, 0.2) is 24.3 Å². The van der Waals surface area contributed by atoms with Crippen molar-refractivity contribution < 1.29 is 4.39 Å². The van der Waals surface area contributed by atoms with E-state index in [4.69, 9.17) is 0 Å². The first-order valence-corrected chi connectivity index (χ1v) is 5.99. The lowest BCUT2D eigenvalue weighted by molar-refractivity contribution is 0.368. The van der Waals surface area contributed by atoms with E-state index in [1.54, 1.807) is 0 Å². The zero-order chi connectivity index (χ0) is 12.1. The van der Waals surface area contributed by atoms with Gasteiger partial charge in [0.05, 0.1) is 0 Å². The summed E-state index contributed by atoms with van der Waals surface area (Å²) in [5.41, 5.74) is 1.19. The topological polar surface area (TPSA) is 12.0 Å². The van der Waals surface area contributed by atoms with Crippen LogP contribution in [0.1, 0.15) is 33.3 Å². The summed E-state index contributed by atoms with van der Waals surface area (Å²) in [5.74, 6) is 0.411. The molecule has 1 N–H and O–H groups in total. The summed E-state index contributed by atoms with van der Waals surface area (Å²) in [6.45, 7) is 8.73. The first kappa shape index (κ1) is 13.2. The molecule has 16 heavy (non-hydrogen) atoms. The largest absolute Gasteiger partial charge is 0.311 e. The molecular weight excluding hydrogens is 201 g/mol. The van der Waals surface area contributed by atoms with E-state index in [0.29, 0.717) is 18.0 Å². The summed E-state index contributed by atoms with van der Waals surface area (Å²) < 4.78 is 12.8. The molecule has 0 spiro atoms. The molecule has 1 aromatic carbocycles. The number of halogens is 1. The summed E-state index contributed by atoms with van der Waals surface area (Å²) >= 11 is 0. The molecule has 0 fully saturated rings. The SMILES string of the molecule is CC(C)N[C@H](Cc1ccc(F)cc1)C(C)C. The normalized spacial score (nSPS) is 13.4. The van der Waals surface area contributed by atoms with Crippen molar-refractivity contribution in [3.05, 3.63) is 35.6 Å². The molecular formula is C14H22FN. The van der Waals surface area contributed by atoms with Gasteiger partial charge in [-0.2, -0.15) is 0 Å². The Morgan fingerprint density at radius 3 is 2.06 bits per heavy atom. The lowest BCUT2D eigenvalue weighted by Gasteiger charge is -2.25. The predicted molar refractivity (Wildman–Crippen MR) is 67.0 cm³/mol. The second-order valence-electron chi connectivity index (χ2n) is 5.00. The molecule has 90 valence electrons. The van der Waals surface area contributed by atoms with E-state index in [1.165, 1.54) is 17.7 Å². The van der Waals surface area contributed by atoms with Gasteiger partial charge in [-0.1, -0.05) is 39.8 Å². The average molecular weight is 223 g/mol. The fraction of sp³-hybridized carbons (Fsp3) is 0.571. The number of benzene rings is 1. The molecule has 0 saturated carbocycles. The van der Waals surface area contributed by atoms with Crippen molar-refractivity contribution >= 4 is 0 Å². The smallest absolute Gasteiger partial charge is 0.123 e. The van der Waals surface area contributed by atoms with Crippen LogP contribution in [-0.4, -0.2) is 12.1 Å². The first-order valence-electron chi connectivity index (χ1n) is 5.99. The van der Waals surface area contributed by atoms with Crippen LogP contribution < -0.4 is 5.32 Å². The Hall–Kier alpha value is -0.890. The molecule has 1 nitrogen and oxygen atoms in total. The third-order valence-corrected chi connectivity index (χ3v) is 2.72. The van der Waals surface area contributed by atoms with Crippen LogP contribution in [0.3, 0.4) is 0 Å². The summed E-state index contributed by atoms with van der Waals surface area (Å²) in [6, 6.07) is 7.72. The quantitative estimate of drug-likeness (QED) is 0.806. The molecule has 0 bridgehead atoms. The Morgan fingerprint density at radius 2 is 1.62 bits per heavy atom. The van der Waals surface area contributed by atoms with Gasteiger partial charge >= 0.3 is 0 Å². The number of hydrogen-bond acceptors (Lipinski definition) is 1. The maximum atomic E-state index is 12.8. The Bertz CT molecular complexity index is 303. The van der Waals surface area contributed by atoms with Crippen molar-refractivity contribution in [2.24, 2.45) is 5.92 Å². The zero-order valence-electron chi connectivity index (χ0n) is 10.6. The van der Waals surface area contributed by atoms with E-state index >= 15 is 0 Å². The Morgan fingerprint density at radius 1 is 1.06 bits per heavy atom. The average Bonchev–Trinajstić information content (AvgIpc) is 2.19. The van der Waals surface area contributed by atoms with Crippen LogP contribution in [0.4, 0.5) is 4.39 Å². The van der Waals surface area contributed by atoms with Gasteiger partial charge in [-0.25, -0.2) is 4.39 Å². The minimum absolute atomic E-state index is 0.165. The lowest BCUT2D eigenvalue weighted by Crippen LogP contribution is -2.40. The highest BCUT2D eigenvalue weighted by Crippen LogP contribution is 2.11. The Balaban J connectivity index is 2.64. The molecule has 0 aliphatic rings. The highest BCUT2D eigenvalue weighted by Gasteiger charge is 2.14. The molecule has 0 aliphatic heterocycles. The van der Waals surface area contributed by atoms with Gasteiger partial charge in [-0.05, 0) is 30.0 Å². The van der Waals surface area contributed by atoms with E-state index in [-0.39, 0.29) is 5.82 Å². The van der Waals surface area contributed by atoms with Gasteiger partial charge in [0.25, 0.3) is 0 Å². The fourth-order valence-corrected chi connectivity index (χ4v) is 1.79. The molecule has 0 aromatic heterocycles. The van der Waals surface area contributed by atoms with Crippen LogP contribution in [0.25, 0.3) is 0 Å². The minimum atomic E-state index is -0.165. The highest BCUT2D eigenvalue weighted by molar-refractivity contribution is 5.17. The molecule has 0 heterocycles. The van der Waals surface area contributed by atoms with Gasteiger partial charge in [0.15, 0.2) is 0 Å². The molecule has 0 unspecified atom stereocenters. The lowest BCUT2D eigenvalue weighted by atomic mass is 9.96. The van der Waals surface area contributed by atoms with Crippen molar-refractivity contribution in [1.82, 2.24) is 5.32 Å². The maximum absolute atomic E-state index is 12.8. The molecule has 0 radical (unpaired) electrons. The van der Waals surface area contributed by atoms with Gasteiger partial charge in [0, 0.05) is 12.1 Å². The summed E-state index contributed by atoms with van der Waals surface area (Å²) in [5, 5.41) is 3.55. The van der Waals surface area contributed by atoms with Crippen LogP contribution >= 0.6 is 0 Å². The fourth-order valence-electron chi connectivity index (χ4n) is 1.79. The molecule has 1 atom stereocenters. The van der Waals surface area contributed by atoms with E-state index in [2.05, 4.69) is 33.0 Å². The zero-order valence-corrected chi connectivity index (χ0v) is 10.6. The number of rotatable bonds is 5. The summed E-state index contributed by atoms with van der Waals surface area (Å²) in [4.78, 5) is 0. The van der Waals surface area contributed by atoms with Crippen LogP contribution in [-0.2, 0) is 6.42 Å². The van der Waals surface area contributed by atoms with Gasteiger partial charge in [0.2, 0.25) is 0 Å². The van der Waals surface area contributed by atoms with Crippen molar-refractivity contribution in [3.63, 3.8) is 0 Å². The van der Waals surface area contributed by atoms with Crippen molar-refractivity contribution in [3.8, 4) is 0 Å². The second kappa shape index (κ2) is 6.00. The van der Waals surface area contributed by atoms with Gasteiger partial charge < -0.3 is 5.32 Å². The molecule has 1 rings (SSSR count). The van der Waals surface area contributed by atoms with Gasteiger partial charge in [-0.15, -0.1) is 0 Å². The third-order valence-electron chi connectivity index (χ3n) is 2.72. The highest BCUT2D eigenvalue weighted by atomic mass is 19.1. The maximum Gasteiger partial charge on any atom is 0.123 e. The second-order valence-corrected chi connectivity index (χ2v) is 5.00.